The second kappa shape index (κ2) is 5.84. The summed E-state index contributed by atoms with van der Waals surface area (Å²) in [7, 11) is 1.74. The van der Waals surface area contributed by atoms with Crippen molar-refractivity contribution >= 4 is 17.5 Å². The molecule has 1 heterocycles. The first-order valence-corrected chi connectivity index (χ1v) is 6.10. The van der Waals surface area contributed by atoms with Crippen molar-refractivity contribution in [2.45, 2.75) is 13.0 Å². The Labute approximate surface area is 115 Å². The first-order chi connectivity index (χ1) is 9.10. The lowest BCUT2D eigenvalue weighted by molar-refractivity contribution is 0.222. The van der Waals surface area contributed by atoms with Crippen LogP contribution < -0.4 is 10.1 Å². The zero-order valence-electron chi connectivity index (χ0n) is 10.5. The van der Waals surface area contributed by atoms with Gasteiger partial charge in [-0.3, -0.25) is 0 Å². The molecule has 2 aromatic rings. The number of benzene rings is 1. The summed E-state index contributed by atoms with van der Waals surface area (Å²) in [6.45, 7) is 1.83. The maximum Gasteiger partial charge on any atom is 0.222 e. The van der Waals surface area contributed by atoms with E-state index in [0.717, 1.165) is 0 Å². The SMILES string of the molecule is CNc1nccc([C@@H](C)Oc2ccc(F)cc2Cl)n1. The van der Waals surface area contributed by atoms with Crippen molar-refractivity contribution in [3.05, 3.63) is 47.0 Å². The molecular weight excluding hydrogens is 269 g/mol. The van der Waals surface area contributed by atoms with Crippen LogP contribution in [-0.2, 0) is 0 Å². The molecule has 0 saturated heterocycles. The Morgan fingerprint density at radius 1 is 1.37 bits per heavy atom. The van der Waals surface area contributed by atoms with Gasteiger partial charge < -0.3 is 10.1 Å². The zero-order valence-corrected chi connectivity index (χ0v) is 11.3. The third-order valence-corrected chi connectivity index (χ3v) is 2.81. The Morgan fingerprint density at radius 3 is 2.84 bits per heavy atom. The minimum Gasteiger partial charge on any atom is -0.483 e. The topological polar surface area (TPSA) is 47.0 Å². The predicted octanol–water partition coefficient (Wildman–Crippen LogP) is 3.45. The number of rotatable bonds is 4. The highest BCUT2D eigenvalue weighted by atomic mass is 35.5. The van der Waals surface area contributed by atoms with Crippen molar-refractivity contribution in [3.8, 4) is 5.75 Å². The molecule has 0 amide bonds. The molecule has 0 unspecified atom stereocenters. The predicted molar refractivity (Wildman–Crippen MR) is 72.0 cm³/mol. The molecule has 0 spiro atoms. The highest BCUT2D eigenvalue weighted by molar-refractivity contribution is 6.32. The summed E-state index contributed by atoms with van der Waals surface area (Å²) in [4.78, 5) is 8.29. The summed E-state index contributed by atoms with van der Waals surface area (Å²) >= 11 is 5.91. The second-order valence-electron chi connectivity index (χ2n) is 3.89. The van der Waals surface area contributed by atoms with Crippen LogP contribution in [0.3, 0.4) is 0 Å². The summed E-state index contributed by atoms with van der Waals surface area (Å²) in [6, 6.07) is 5.76. The van der Waals surface area contributed by atoms with Gasteiger partial charge in [-0.1, -0.05) is 11.6 Å². The smallest absolute Gasteiger partial charge is 0.222 e. The summed E-state index contributed by atoms with van der Waals surface area (Å²) in [5.41, 5.74) is 0.708. The lowest BCUT2D eigenvalue weighted by Crippen LogP contribution is -2.08. The highest BCUT2D eigenvalue weighted by Gasteiger charge is 2.12. The molecule has 1 aromatic carbocycles. The molecule has 0 bridgehead atoms. The fourth-order valence-electron chi connectivity index (χ4n) is 1.54. The van der Waals surface area contributed by atoms with Crippen LogP contribution in [0.15, 0.2) is 30.5 Å². The van der Waals surface area contributed by atoms with Gasteiger partial charge in [0.25, 0.3) is 0 Å². The van der Waals surface area contributed by atoms with Crippen LogP contribution in [0.5, 0.6) is 5.75 Å². The number of halogens is 2. The maximum absolute atomic E-state index is 12.9. The third-order valence-electron chi connectivity index (χ3n) is 2.51. The van der Waals surface area contributed by atoms with E-state index in [9.17, 15) is 4.39 Å². The largest absolute Gasteiger partial charge is 0.483 e. The summed E-state index contributed by atoms with van der Waals surface area (Å²) in [6.07, 6.45) is 1.32. The molecule has 1 atom stereocenters. The quantitative estimate of drug-likeness (QED) is 0.932. The number of aromatic nitrogens is 2. The fraction of sp³-hybridized carbons (Fsp3) is 0.231. The van der Waals surface area contributed by atoms with Crippen LogP contribution in [0, 0.1) is 5.82 Å². The Kier molecular flexibility index (Phi) is 4.16. The molecule has 4 nitrogen and oxygen atoms in total. The Morgan fingerprint density at radius 2 is 2.16 bits per heavy atom. The zero-order chi connectivity index (χ0) is 13.8. The standard InChI is InChI=1S/C13H13ClFN3O/c1-8(11-5-6-17-13(16-2)18-11)19-12-4-3-9(15)7-10(12)14/h3-8H,1-2H3,(H,16,17,18)/t8-/m1/s1. The van der Waals surface area contributed by atoms with Crippen molar-refractivity contribution in [1.82, 2.24) is 9.97 Å². The molecular formula is C13H13ClFN3O. The summed E-state index contributed by atoms with van der Waals surface area (Å²) < 4.78 is 18.6. The van der Waals surface area contributed by atoms with Crippen LogP contribution in [0.4, 0.5) is 10.3 Å². The molecule has 2 rings (SSSR count). The van der Waals surface area contributed by atoms with Gasteiger partial charge in [-0.05, 0) is 31.2 Å². The van der Waals surface area contributed by atoms with Gasteiger partial charge in [0.15, 0.2) is 0 Å². The van der Waals surface area contributed by atoms with Crippen LogP contribution in [-0.4, -0.2) is 17.0 Å². The van der Waals surface area contributed by atoms with Gasteiger partial charge >= 0.3 is 0 Å². The van der Waals surface area contributed by atoms with E-state index in [-0.39, 0.29) is 11.1 Å². The first kappa shape index (κ1) is 13.5. The highest BCUT2D eigenvalue weighted by Crippen LogP contribution is 2.29. The van der Waals surface area contributed by atoms with E-state index in [0.29, 0.717) is 17.4 Å². The van der Waals surface area contributed by atoms with E-state index < -0.39 is 5.82 Å². The van der Waals surface area contributed by atoms with Crippen LogP contribution >= 0.6 is 11.6 Å². The normalized spacial score (nSPS) is 12.0. The number of nitrogens with zero attached hydrogens (tertiary/aromatic N) is 2. The second-order valence-corrected chi connectivity index (χ2v) is 4.30. The van der Waals surface area contributed by atoms with Gasteiger partial charge in [0.05, 0.1) is 10.7 Å². The molecule has 19 heavy (non-hydrogen) atoms. The third kappa shape index (κ3) is 3.32. The van der Waals surface area contributed by atoms with E-state index >= 15 is 0 Å². The van der Waals surface area contributed by atoms with E-state index in [1.165, 1.54) is 18.2 Å². The van der Waals surface area contributed by atoms with Crippen molar-refractivity contribution in [1.29, 1.82) is 0 Å². The molecule has 6 heteroatoms. The molecule has 0 radical (unpaired) electrons. The van der Waals surface area contributed by atoms with Gasteiger partial charge in [-0.15, -0.1) is 0 Å². The molecule has 1 N–H and O–H groups in total. The monoisotopic (exact) mass is 281 g/mol. The molecule has 0 aliphatic rings. The molecule has 0 aliphatic heterocycles. The maximum atomic E-state index is 12.9. The van der Waals surface area contributed by atoms with Crippen molar-refractivity contribution in [3.63, 3.8) is 0 Å². The Hall–Kier alpha value is -1.88. The van der Waals surface area contributed by atoms with Crippen molar-refractivity contribution in [2.24, 2.45) is 0 Å². The number of ether oxygens (including phenoxy) is 1. The molecule has 0 fully saturated rings. The average molecular weight is 282 g/mol. The summed E-state index contributed by atoms with van der Waals surface area (Å²) in [5, 5.41) is 3.08. The molecule has 100 valence electrons. The molecule has 1 aromatic heterocycles. The van der Waals surface area contributed by atoms with Crippen molar-refractivity contribution < 1.29 is 9.13 Å². The van der Waals surface area contributed by atoms with Crippen LogP contribution in [0.25, 0.3) is 0 Å². The fourth-order valence-corrected chi connectivity index (χ4v) is 1.75. The van der Waals surface area contributed by atoms with Gasteiger partial charge in [-0.2, -0.15) is 0 Å². The number of nitrogens with one attached hydrogen (secondary N) is 1. The van der Waals surface area contributed by atoms with Gasteiger partial charge in [0.1, 0.15) is 17.7 Å². The minimum absolute atomic E-state index is 0.231. The number of hydrogen-bond acceptors (Lipinski definition) is 4. The van der Waals surface area contributed by atoms with Crippen LogP contribution in [0.1, 0.15) is 18.7 Å². The van der Waals surface area contributed by atoms with Crippen molar-refractivity contribution in [2.75, 3.05) is 12.4 Å². The van der Waals surface area contributed by atoms with Gasteiger partial charge in [0, 0.05) is 13.2 Å². The lowest BCUT2D eigenvalue weighted by atomic mass is 10.2. The van der Waals surface area contributed by atoms with Gasteiger partial charge in [0.2, 0.25) is 5.95 Å². The molecule has 0 saturated carbocycles. The Balaban J connectivity index is 2.17. The minimum atomic E-state index is -0.399. The van der Waals surface area contributed by atoms with Gasteiger partial charge in [-0.25, -0.2) is 14.4 Å². The van der Waals surface area contributed by atoms with E-state index in [2.05, 4.69) is 15.3 Å². The van der Waals surface area contributed by atoms with E-state index in [4.69, 9.17) is 16.3 Å². The molecule has 0 aliphatic carbocycles. The van der Waals surface area contributed by atoms with E-state index in [1.54, 1.807) is 19.3 Å². The summed E-state index contributed by atoms with van der Waals surface area (Å²) in [5.74, 6) is 0.530. The average Bonchev–Trinajstić information content (AvgIpc) is 2.42. The Bertz CT molecular complexity index is 580. The number of hydrogen-bond donors (Lipinski definition) is 1. The number of anilines is 1. The lowest BCUT2D eigenvalue weighted by Gasteiger charge is -2.15. The first-order valence-electron chi connectivity index (χ1n) is 5.72. The van der Waals surface area contributed by atoms with Crippen LogP contribution in [0.2, 0.25) is 5.02 Å². The van der Waals surface area contributed by atoms with E-state index in [1.807, 2.05) is 6.92 Å².